The normalized spacial score (nSPS) is 50.8. The standard InChI is InChI=1S/C13H22N2.2ClH/c1-2-15-13-11-6-8-3-9(7-11)5-10(4-8)12(13)14-1;;/h8-15H,1-7H2;2*1H/t8?,9?,10?,11?,12-,13+;;. The fourth-order valence-corrected chi connectivity index (χ4v) is 5.19. The Bertz CT molecular complexity index is 236. The fourth-order valence-electron chi connectivity index (χ4n) is 5.19. The molecule has 1 aliphatic heterocycles. The second-order valence-corrected chi connectivity index (χ2v) is 6.39. The highest BCUT2D eigenvalue weighted by Gasteiger charge is 2.48. The zero-order valence-electron chi connectivity index (χ0n) is 10.2. The van der Waals surface area contributed by atoms with Gasteiger partial charge in [-0.1, -0.05) is 0 Å². The average molecular weight is 279 g/mol. The molecule has 2 unspecified atom stereocenters. The smallest absolute Gasteiger partial charge is 0.0252 e. The summed E-state index contributed by atoms with van der Waals surface area (Å²) in [6.45, 7) is 2.39. The van der Waals surface area contributed by atoms with Crippen molar-refractivity contribution >= 4 is 24.8 Å². The van der Waals surface area contributed by atoms with E-state index >= 15 is 0 Å². The zero-order valence-corrected chi connectivity index (χ0v) is 11.9. The van der Waals surface area contributed by atoms with Crippen LogP contribution in [-0.2, 0) is 0 Å². The molecule has 1 heterocycles. The number of halogens is 2. The van der Waals surface area contributed by atoms with Gasteiger partial charge in [-0.3, -0.25) is 0 Å². The van der Waals surface area contributed by atoms with Crippen molar-refractivity contribution in [3.8, 4) is 0 Å². The van der Waals surface area contributed by atoms with E-state index in [1.54, 1.807) is 6.42 Å². The molecule has 2 N–H and O–H groups in total. The van der Waals surface area contributed by atoms with Crippen LogP contribution in [0.4, 0.5) is 0 Å². The average Bonchev–Trinajstić information content (AvgIpc) is 2.43. The van der Waals surface area contributed by atoms with Gasteiger partial charge in [0.25, 0.3) is 0 Å². The van der Waals surface area contributed by atoms with E-state index in [2.05, 4.69) is 10.6 Å². The molecule has 0 spiro atoms. The first-order valence-electron chi connectivity index (χ1n) is 6.87. The van der Waals surface area contributed by atoms with Crippen molar-refractivity contribution < 1.29 is 0 Å². The number of hydrogen-bond donors (Lipinski definition) is 2. The van der Waals surface area contributed by atoms with Crippen LogP contribution < -0.4 is 10.6 Å². The second-order valence-electron chi connectivity index (χ2n) is 6.39. The lowest BCUT2D eigenvalue weighted by atomic mass is 9.67. The van der Waals surface area contributed by atoms with Crippen molar-refractivity contribution in [1.29, 1.82) is 0 Å². The second kappa shape index (κ2) is 5.24. The van der Waals surface area contributed by atoms with Crippen LogP contribution in [0.2, 0.25) is 0 Å². The maximum absolute atomic E-state index is 3.81. The minimum atomic E-state index is 0. The SMILES string of the molecule is C1CN[C@H]2C3CC4CC(CC(C4)[C@H]2N1)C3.Cl.Cl. The molecule has 4 bridgehead atoms. The quantitative estimate of drug-likeness (QED) is 0.710. The molecule has 17 heavy (non-hydrogen) atoms. The van der Waals surface area contributed by atoms with Gasteiger partial charge in [-0.2, -0.15) is 0 Å². The van der Waals surface area contributed by atoms with Crippen molar-refractivity contribution in [1.82, 2.24) is 10.6 Å². The first-order chi connectivity index (χ1) is 7.40. The van der Waals surface area contributed by atoms with Crippen molar-refractivity contribution in [2.24, 2.45) is 23.7 Å². The largest absolute Gasteiger partial charge is 0.311 e. The van der Waals surface area contributed by atoms with Gasteiger partial charge in [0.1, 0.15) is 0 Å². The van der Waals surface area contributed by atoms with E-state index in [0.717, 1.165) is 35.8 Å². The molecule has 4 atom stereocenters. The highest BCUT2D eigenvalue weighted by atomic mass is 35.5. The lowest BCUT2D eigenvalue weighted by Gasteiger charge is -2.38. The van der Waals surface area contributed by atoms with E-state index in [0.29, 0.717) is 0 Å². The van der Waals surface area contributed by atoms with Gasteiger partial charge in [0.2, 0.25) is 0 Å². The van der Waals surface area contributed by atoms with E-state index in [1.165, 1.54) is 38.8 Å². The van der Waals surface area contributed by atoms with Crippen molar-refractivity contribution in [3.63, 3.8) is 0 Å². The summed E-state index contributed by atoms with van der Waals surface area (Å²) in [7, 11) is 0. The molecule has 4 saturated carbocycles. The van der Waals surface area contributed by atoms with Gasteiger partial charge >= 0.3 is 0 Å². The van der Waals surface area contributed by atoms with Crippen LogP contribution in [0.15, 0.2) is 0 Å². The first-order valence-corrected chi connectivity index (χ1v) is 6.87. The number of hydrogen-bond acceptors (Lipinski definition) is 2. The van der Waals surface area contributed by atoms with E-state index in [1.807, 2.05) is 0 Å². The van der Waals surface area contributed by atoms with Gasteiger partial charge in [-0.05, 0) is 55.8 Å². The lowest BCUT2D eigenvalue weighted by Crippen LogP contribution is -2.60. The summed E-state index contributed by atoms with van der Waals surface area (Å²) >= 11 is 0. The van der Waals surface area contributed by atoms with E-state index in [9.17, 15) is 0 Å². The van der Waals surface area contributed by atoms with E-state index in [-0.39, 0.29) is 24.8 Å². The summed E-state index contributed by atoms with van der Waals surface area (Å²) in [4.78, 5) is 0. The highest BCUT2D eigenvalue weighted by Crippen LogP contribution is 2.51. The number of piperazine rings is 1. The van der Waals surface area contributed by atoms with E-state index in [4.69, 9.17) is 0 Å². The summed E-state index contributed by atoms with van der Waals surface area (Å²) < 4.78 is 0. The zero-order chi connectivity index (χ0) is 9.83. The van der Waals surface area contributed by atoms with E-state index < -0.39 is 0 Å². The maximum atomic E-state index is 3.81. The molecule has 4 aliphatic carbocycles. The molecule has 0 aromatic carbocycles. The highest BCUT2D eigenvalue weighted by molar-refractivity contribution is 5.85. The molecular formula is C13H24Cl2N2. The fraction of sp³-hybridized carbons (Fsp3) is 1.00. The Morgan fingerprint density at radius 2 is 1.00 bits per heavy atom. The van der Waals surface area contributed by atoms with Crippen LogP contribution in [0.25, 0.3) is 0 Å². The Hall–Kier alpha value is 0.500. The van der Waals surface area contributed by atoms with Crippen LogP contribution in [0.3, 0.4) is 0 Å². The minimum absolute atomic E-state index is 0. The third-order valence-electron chi connectivity index (χ3n) is 5.50. The molecule has 4 heteroatoms. The summed E-state index contributed by atoms with van der Waals surface area (Å²) in [6.07, 6.45) is 7.68. The summed E-state index contributed by atoms with van der Waals surface area (Å²) in [5.74, 6) is 4.17. The van der Waals surface area contributed by atoms with Crippen molar-refractivity contribution in [2.75, 3.05) is 13.1 Å². The molecule has 2 nitrogen and oxygen atoms in total. The summed E-state index contributed by atoms with van der Waals surface area (Å²) in [5.41, 5.74) is 0. The predicted octanol–water partition coefficient (Wildman–Crippen LogP) is 2.22. The van der Waals surface area contributed by atoms with Gasteiger partial charge in [0.15, 0.2) is 0 Å². The van der Waals surface area contributed by atoms with Crippen LogP contribution in [0, 0.1) is 23.7 Å². The molecule has 100 valence electrons. The van der Waals surface area contributed by atoms with Crippen molar-refractivity contribution in [3.05, 3.63) is 0 Å². The number of nitrogens with one attached hydrogen (secondary N) is 2. The molecule has 0 radical (unpaired) electrons. The third-order valence-corrected chi connectivity index (χ3v) is 5.50. The summed E-state index contributed by atoms with van der Waals surface area (Å²) in [6, 6.07) is 1.64. The predicted molar refractivity (Wildman–Crippen MR) is 75.1 cm³/mol. The van der Waals surface area contributed by atoms with Crippen LogP contribution in [-0.4, -0.2) is 25.2 Å². The monoisotopic (exact) mass is 278 g/mol. The van der Waals surface area contributed by atoms with Gasteiger partial charge in [0.05, 0.1) is 0 Å². The van der Waals surface area contributed by atoms with Crippen LogP contribution in [0.1, 0.15) is 32.1 Å². The molecule has 0 aromatic heterocycles. The molecule has 0 amide bonds. The Morgan fingerprint density at radius 1 is 0.588 bits per heavy atom. The molecular weight excluding hydrogens is 255 g/mol. The van der Waals surface area contributed by atoms with Crippen LogP contribution in [0.5, 0.6) is 0 Å². The topological polar surface area (TPSA) is 24.1 Å². The number of rotatable bonds is 0. The first kappa shape index (κ1) is 13.9. The lowest BCUT2D eigenvalue weighted by molar-refractivity contribution is 0.128. The van der Waals surface area contributed by atoms with Gasteiger partial charge in [-0.15, -0.1) is 24.8 Å². The van der Waals surface area contributed by atoms with Gasteiger partial charge in [-0.25, -0.2) is 0 Å². The maximum Gasteiger partial charge on any atom is 0.0252 e. The molecule has 5 rings (SSSR count). The Labute approximate surface area is 117 Å². The molecule has 5 fully saturated rings. The third kappa shape index (κ3) is 2.22. The van der Waals surface area contributed by atoms with Gasteiger partial charge in [0, 0.05) is 25.2 Å². The molecule has 0 aromatic rings. The Kier molecular flexibility index (Phi) is 4.29. The molecule has 1 saturated heterocycles. The van der Waals surface area contributed by atoms with Gasteiger partial charge < -0.3 is 10.6 Å². The summed E-state index contributed by atoms with van der Waals surface area (Å²) in [5, 5.41) is 7.62. The molecule has 5 aliphatic rings. The van der Waals surface area contributed by atoms with Crippen LogP contribution >= 0.6 is 24.8 Å². The Morgan fingerprint density at radius 3 is 1.41 bits per heavy atom. The van der Waals surface area contributed by atoms with Crippen molar-refractivity contribution in [2.45, 2.75) is 44.2 Å². The minimum Gasteiger partial charge on any atom is -0.311 e. The Balaban J connectivity index is 0.000000540.